The van der Waals surface area contributed by atoms with Gasteiger partial charge in [-0.3, -0.25) is 19.6 Å². The third-order valence-corrected chi connectivity index (χ3v) is 10.5. The summed E-state index contributed by atoms with van der Waals surface area (Å²) in [7, 11) is 8.83. The molecule has 264 valence electrons. The summed E-state index contributed by atoms with van der Waals surface area (Å²) in [5.41, 5.74) is 0. The normalized spacial score (nSPS) is 29.7. The predicted octanol–water partition coefficient (Wildman–Crippen LogP) is 4.12. The summed E-state index contributed by atoms with van der Waals surface area (Å²) in [6, 6.07) is 5.76. The maximum Gasteiger partial charge on any atom is 0.0198 e. The molecule has 0 aromatic carbocycles. The van der Waals surface area contributed by atoms with E-state index in [1.165, 1.54) is 78.5 Å². The van der Waals surface area contributed by atoms with Gasteiger partial charge in [0, 0.05) is 127 Å². The Morgan fingerprint density at radius 2 is 0.682 bits per heavy atom. The average molecular weight is 625 g/mol. The molecule has 0 unspecified atom stereocenters. The number of hydrogen-bond donors (Lipinski definition) is 0. The Balaban J connectivity index is 0.000000293. The molecule has 8 heteroatoms. The van der Waals surface area contributed by atoms with Crippen molar-refractivity contribution in [3.05, 3.63) is 0 Å². The van der Waals surface area contributed by atoms with Gasteiger partial charge in [-0.25, -0.2) is 0 Å². The lowest BCUT2D eigenvalue weighted by atomic mass is 10.1. The first-order valence-electron chi connectivity index (χ1n) is 18.2. The van der Waals surface area contributed by atoms with Crippen LogP contribution in [0.3, 0.4) is 0 Å². The third kappa shape index (κ3) is 15.1. The molecule has 8 nitrogen and oxygen atoms in total. The fourth-order valence-electron chi connectivity index (χ4n) is 6.93. The quantitative estimate of drug-likeness (QED) is 0.461. The van der Waals surface area contributed by atoms with Crippen LogP contribution in [-0.2, 0) is 0 Å². The van der Waals surface area contributed by atoms with E-state index in [2.05, 4.69) is 150 Å². The van der Waals surface area contributed by atoms with Crippen molar-refractivity contribution < 1.29 is 0 Å². The van der Waals surface area contributed by atoms with Crippen molar-refractivity contribution in [2.24, 2.45) is 0 Å². The molecule has 4 aliphatic heterocycles. The second-order valence-electron chi connectivity index (χ2n) is 15.7. The Bertz CT molecular complexity index is 671. The van der Waals surface area contributed by atoms with Crippen molar-refractivity contribution in [1.82, 2.24) is 39.2 Å². The molecule has 0 aliphatic carbocycles. The molecule has 4 heterocycles. The van der Waals surface area contributed by atoms with Crippen LogP contribution < -0.4 is 0 Å². The lowest BCUT2D eigenvalue weighted by Crippen LogP contribution is -2.52. The van der Waals surface area contributed by atoms with E-state index in [1.54, 1.807) is 0 Å². The fraction of sp³-hybridized carbons (Fsp3) is 1.00. The molecule has 44 heavy (non-hydrogen) atoms. The molecular formula is C36H80N8. The van der Waals surface area contributed by atoms with Crippen LogP contribution in [0.2, 0.25) is 0 Å². The highest BCUT2D eigenvalue weighted by Gasteiger charge is 2.25. The van der Waals surface area contributed by atoms with Crippen molar-refractivity contribution >= 4 is 0 Å². The summed E-state index contributed by atoms with van der Waals surface area (Å²) in [4.78, 5) is 19.9. The topological polar surface area (TPSA) is 25.9 Å². The zero-order chi connectivity index (χ0) is 33.7. The maximum absolute atomic E-state index is 2.57. The van der Waals surface area contributed by atoms with E-state index in [4.69, 9.17) is 0 Å². The molecule has 0 spiro atoms. The Kier molecular flexibility index (Phi) is 19.7. The van der Waals surface area contributed by atoms with Gasteiger partial charge in [-0.2, -0.15) is 0 Å². The lowest BCUT2D eigenvalue weighted by Gasteiger charge is -2.40. The van der Waals surface area contributed by atoms with Gasteiger partial charge in [-0.05, 0) is 111 Å². The highest BCUT2D eigenvalue weighted by atomic mass is 15.3. The Morgan fingerprint density at radius 1 is 0.364 bits per heavy atom. The molecule has 0 aromatic heterocycles. The number of hydrogen-bond acceptors (Lipinski definition) is 8. The van der Waals surface area contributed by atoms with Crippen LogP contribution in [0.4, 0.5) is 0 Å². The molecule has 0 saturated carbocycles. The molecule has 4 rings (SSSR count). The van der Waals surface area contributed by atoms with Crippen molar-refractivity contribution in [3.63, 3.8) is 0 Å². The minimum absolute atomic E-state index is 0.707. The number of rotatable bonds is 4. The first-order chi connectivity index (χ1) is 20.4. The Labute approximate surface area is 277 Å². The smallest absolute Gasteiger partial charge is 0.0198 e. The van der Waals surface area contributed by atoms with Crippen molar-refractivity contribution in [2.75, 3.05) is 107 Å². The number of likely N-dealkylation sites (N-methyl/N-ethyl adjacent to an activating group) is 4. The zero-order valence-electron chi connectivity index (χ0n) is 32.7. The van der Waals surface area contributed by atoms with Gasteiger partial charge < -0.3 is 19.6 Å². The second-order valence-corrected chi connectivity index (χ2v) is 15.7. The summed E-state index contributed by atoms with van der Waals surface area (Å²) in [5.74, 6) is 0. The molecule has 4 saturated heterocycles. The van der Waals surface area contributed by atoms with Gasteiger partial charge in [0.15, 0.2) is 0 Å². The minimum atomic E-state index is 0.707. The largest absolute Gasteiger partial charge is 0.304 e. The van der Waals surface area contributed by atoms with Gasteiger partial charge in [0.1, 0.15) is 0 Å². The van der Waals surface area contributed by atoms with Crippen LogP contribution >= 0.6 is 0 Å². The standard InChI is InChI=1S/4C9H20N2/c2*1-8(2)11-6-5-10(4)9(3)7-11;2*1-8(2)11-6-5-10(4)7-9(11)3/h4*8-9H,5-7H2,1-4H3/t4*9-/m1010/s1. The number of nitrogens with zero attached hydrogens (tertiary/aromatic N) is 8. The van der Waals surface area contributed by atoms with E-state index >= 15 is 0 Å². The van der Waals surface area contributed by atoms with Crippen LogP contribution in [0.25, 0.3) is 0 Å². The summed E-state index contributed by atoms with van der Waals surface area (Å²) < 4.78 is 0. The monoisotopic (exact) mass is 625 g/mol. The van der Waals surface area contributed by atoms with E-state index in [0.717, 1.165) is 24.2 Å². The van der Waals surface area contributed by atoms with E-state index in [9.17, 15) is 0 Å². The summed E-state index contributed by atoms with van der Waals surface area (Å²) in [5, 5.41) is 0. The molecule has 0 amide bonds. The van der Waals surface area contributed by atoms with Crippen molar-refractivity contribution in [3.8, 4) is 0 Å². The van der Waals surface area contributed by atoms with Gasteiger partial charge in [0.2, 0.25) is 0 Å². The molecule has 4 fully saturated rings. The minimum Gasteiger partial charge on any atom is -0.304 e. The SMILES string of the molecule is CC(C)N1CCN(C)C[C@@H]1C.CC(C)N1CCN(C)C[C@H]1C.CC(C)N1CCN(C)[C@@H](C)C1.CC(C)N1CCN(C)[C@H](C)C1. The van der Waals surface area contributed by atoms with E-state index in [-0.39, 0.29) is 0 Å². The molecule has 0 bridgehead atoms. The highest BCUT2D eigenvalue weighted by Crippen LogP contribution is 2.13. The van der Waals surface area contributed by atoms with Crippen molar-refractivity contribution in [1.29, 1.82) is 0 Å². The lowest BCUT2D eigenvalue weighted by molar-refractivity contribution is 0.0740. The zero-order valence-corrected chi connectivity index (χ0v) is 32.7. The van der Waals surface area contributed by atoms with E-state index in [0.29, 0.717) is 24.2 Å². The molecular weight excluding hydrogens is 544 g/mol. The molecule has 0 N–H and O–H groups in total. The molecule has 0 radical (unpaired) electrons. The second kappa shape index (κ2) is 20.8. The van der Waals surface area contributed by atoms with Gasteiger partial charge in [-0.1, -0.05) is 0 Å². The highest BCUT2D eigenvalue weighted by molar-refractivity contribution is 4.81. The van der Waals surface area contributed by atoms with Crippen LogP contribution in [0.5, 0.6) is 0 Å². The predicted molar refractivity (Wildman–Crippen MR) is 195 cm³/mol. The van der Waals surface area contributed by atoms with Crippen molar-refractivity contribution in [2.45, 2.75) is 131 Å². The summed E-state index contributed by atoms with van der Waals surface area (Å²) in [6.45, 7) is 42.2. The number of piperazine rings is 4. The maximum atomic E-state index is 2.57. The van der Waals surface area contributed by atoms with Crippen LogP contribution in [-0.4, -0.2) is 194 Å². The van der Waals surface area contributed by atoms with Gasteiger partial charge >= 0.3 is 0 Å². The molecule has 0 aromatic rings. The average Bonchev–Trinajstić information content (AvgIpc) is 2.92. The van der Waals surface area contributed by atoms with Crippen LogP contribution in [0.15, 0.2) is 0 Å². The Hall–Kier alpha value is -0.320. The van der Waals surface area contributed by atoms with Gasteiger partial charge in [0.25, 0.3) is 0 Å². The van der Waals surface area contributed by atoms with E-state index in [1.807, 2.05) is 0 Å². The first kappa shape index (κ1) is 41.7. The first-order valence-corrected chi connectivity index (χ1v) is 18.2. The van der Waals surface area contributed by atoms with Gasteiger partial charge in [0.05, 0.1) is 0 Å². The fourth-order valence-corrected chi connectivity index (χ4v) is 6.93. The molecule has 4 atom stereocenters. The van der Waals surface area contributed by atoms with Crippen LogP contribution in [0, 0.1) is 0 Å². The summed E-state index contributed by atoms with van der Waals surface area (Å²) in [6.07, 6.45) is 0. The molecule has 4 aliphatic rings. The van der Waals surface area contributed by atoms with Crippen LogP contribution in [0.1, 0.15) is 83.1 Å². The Morgan fingerprint density at radius 3 is 0.909 bits per heavy atom. The van der Waals surface area contributed by atoms with Gasteiger partial charge in [-0.15, -0.1) is 0 Å². The summed E-state index contributed by atoms with van der Waals surface area (Å²) >= 11 is 0. The van der Waals surface area contributed by atoms with E-state index < -0.39 is 0 Å². The third-order valence-electron chi connectivity index (χ3n) is 10.5.